The van der Waals surface area contributed by atoms with Crippen molar-refractivity contribution in [3.05, 3.63) is 45.7 Å². The lowest BCUT2D eigenvalue weighted by atomic mass is 10.1. The molecule has 0 spiro atoms. The molecule has 4 rings (SSSR count). The molecule has 1 aliphatic rings. The van der Waals surface area contributed by atoms with Crippen LogP contribution in [0.5, 0.6) is 11.5 Å². The van der Waals surface area contributed by atoms with E-state index < -0.39 is 15.3 Å². The minimum absolute atomic E-state index is 0.0328. The maximum atomic E-state index is 12.9. The van der Waals surface area contributed by atoms with Crippen molar-refractivity contribution < 1.29 is 17.9 Å². The number of benzene rings is 1. The fraction of sp³-hybridized carbons (Fsp3) is 0.458. The minimum atomic E-state index is -3.23. The topological polar surface area (TPSA) is 81.1 Å². The average Bonchev–Trinajstić information content (AvgIpc) is 3.25. The monoisotopic (exact) mass is 505 g/mol. The first kappa shape index (κ1) is 24.7. The molecular weight excluding hydrogens is 474 g/mol. The number of thiophene rings is 1. The lowest BCUT2D eigenvalue weighted by Gasteiger charge is -2.34. The van der Waals surface area contributed by atoms with Crippen molar-refractivity contribution in [1.29, 1.82) is 0 Å². The molecule has 0 N–H and O–H groups in total. The van der Waals surface area contributed by atoms with Gasteiger partial charge in [-0.1, -0.05) is 6.07 Å². The molecule has 10 heteroatoms. The van der Waals surface area contributed by atoms with Crippen molar-refractivity contribution in [3.63, 3.8) is 0 Å². The lowest BCUT2D eigenvalue weighted by Crippen LogP contribution is -2.49. The Labute approximate surface area is 204 Å². The lowest BCUT2D eigenvalue weighted by molar-refractivity contribution is 0.182. The Bertz CT molecular complexity index is 1350. The Morgan fingerprint density at radius 3 is 2.32 bits per heavy atom. The van der Waals surface area contributed by atoms with E-state index in [9.17, 15) is 13.2 Å². The van der Waals surface area contributed by atoms with E-state index in [1.165, 1.54) is 0 Å². The summed E-state index contributed by atoms with van der Waals surface area (Å²) >= 11 is 1.61. The van der Waals surface area contributed by atoms with Gasteiger partial charge in [0, 0.05) is 61.1 Å². The number of pyridine rings is 1. The van der Waals surface area contributed by atoms with E-state index in [2.05, 4.69) is 4.90 Å². The standard InChI is InChI=1S/C24H31N3O5S2/c1-16(2)34(29,30)27-10-8-26(9-11-27)14-18-13-19-23(33-18)20(15-25(3)24(19)28)17-6-7-21(31-4)22(12-17)32-5/h6-7,12-13,15-16H,8-11,14H2,1-5H3. The van der Waals surface area contributed by atoms with Crippen molar-refractivity contribution in [1.82, 2.24) is 13.8 Å². The van der Waals surface area contributed by atoms with E-state index in [1.807, 2.05) is 30.5 Å². The van der Waals surface area contributed by atoms with Crippen LogP contribution in [0.25, 0.3) is 21.2 Å². The first-order chi connectivity index (χ1) is 16.1. The molecule has 0 atom stereocenters. The van der Waals surface area contributed by atoms with E-state index >= 15 is 0 Å². The second-order valence-electron chi connectivity index (χ2n) is 8.75. The van der Waals surface area contributed by atoms with Crippen LogP contribution in [-0.4, -0.2) is 67.8 Å². The van der Waals surface area contributed by atoms with Crippen LogP contribution in [0.1, 0.15) is 18.7 Å². The molecule has 1 fully saturated rings. The molecule has 1 aromatic carbocycles. The summed E-state index contributed by atoms with van der Waals surface area (Å²) in [6.07, 6.45) is 1.86. The van der Waals surface area contributed by atoms with E-state index in [-0.39, 0.29) is 5.56 Å². The quantitative estimate of drug-likeness (QED) is 0.491. The maximum Gasteiger partial charge on any atom is 0.259 e. The fourth-order valence-electron chi connectivity index (χ4n) is 4.25. The van der Waals surface area contributed by atoms with Gasteiger partial charge in [0.05, 0.1) is 24.9 Å². The number of rotatable bonds is 7. The summed E-state index contributed by atoms with van der Waals surface area (Å²) in [5.41, 5.74) is 1.87. The van der Waals surface area contributed by atoms with Gasteiger partial charge in [-0.05, 0) is 37.6 Å². The second kappa shape index (κ2) is 9.69. The number of aryl methyl sites for hydroxylation is 1. The molecule has 34 heavy (non-hydrogen) atoms. The molecule has 0 amide bonds. The van der Waals surface area contributed by atoms with Crippen LogP contribution < -0.4 is 15.0 Å². The predicted octanol–water partition coefficient (Wildman–Crippen LogP) is 3.14. The highest BCUT2D eigenvalue weighted by Crippen LogP contribution is 2.37. The maximum absolute atomic E-state index is 12.9. The molecule has 3 aromatic rings. The van der Waals surface area contributed by atoms with Crippen LogP contribution in [0.3, 0.4) is 0 Å². The van der Waals surface area contributed by atoms with Gasteiger partial charge >= 0.3 is 0 Å². The molecule has 0 bridgehead atoms. The van der Waals surface area contributed by atoms with Gasteiger partial charge in [0.25, 0.3) is 5.56 Å². The van der Waals surface area contributed by atoms with Gasteiger partial charge < -0.3 is 14.0 Å². The predicted molar refractivity (Wildman–Crippen MR) is 137 cm³/mol. The van der Waals surface area contributed by atoms with Gasteiger partial charge in [-0.3, -0.25) is 9.69 Å². The number of piperazine rings is 1. The molecule has 184 valence electrons. The van der Waals surface area contributed by atoms with Crippen molar-refractivity contribution in [2.45, 2.75) is 25.6 Å². The first-order valence-electron chi connectivity index (χ1n) is 11.2. The zero-order chi connectivity index (χ0) is 24.6. The summed E-state index contributed by atoms with van der Waals surface area (Å²) in [4.78, 5) is 16.2. The zero-order valence-corrected chi connectivity index (χ0v) is 21.8. The van der Waals surface area contributed by atoms with E-state index in [0.29, 0.717) is 49.6 Å². The largest absolute Gasteiger partial charge is 0.493 e. The van der Waals surface area contributed by atoms with Crippen LogP contribution in [-0.2, 0) is 23.6 Å². The molecule has 3 heterocycles. The molecular formula is C24H31N3O5S2. The highest BCUT2D eigenvalue weighted by atomic mass is 32.2. The number of hydrogen-bond acceptors (Lipinski definition) is 7. The summed E-state index contributed by atoms with van der Waals surface area (Å²) < 4.78 is 39.9. The van der Waals surface area contributed by atoms with Gasteiger partial charge in [0.2, 0.25) is 10.0 Å². The highest BCUT2D eigenvalue weighted by Gasteiger charge is 2.29. The molecule has 0 aliphatic carbocycles. The normalized spacial score (nSPS) is 15.8. The van der Waals surface area contributed by atoms with Crippen LogP contribution in [0.2, 0.25) is 0 Å². The molecule has 0 saturated carbocycles. The summed E-state index contributed by atoms with van der Waals surface area (Å²) in [6, 6.07) is 7.73. The smallest absolute Gasteiger partial charge is 0.259 e. The zero-order valence-electron chi connectivity index (χ0n) is 20.2. The number of ether oxygens (including phenoxy) is 2. The summed E-state index contributed by atoms with van der Waals surface area (Å²) in [5.74, 6) is 1.28. The number of fused-ring (bicyclic) bond motifs is 1. The van der Waals surface area contributed by atoms with Crippen molar-refractivity contribution >= 4 is 31.4 Å². The van der Waals surface area contributed by atoms with Crippen LogP contribution in [0.4, 0.5) is 0 Å². The van der Waals surface area contributed by atoms with Gasteiger partial charge in [0.15, 0.2) is 11.5 Å². The fourth-order valence-corrected chi connectivity index (χ4v) is 6.74. The van der Waals surface area contributed by atoms with Gasteiger partial charge in [-0.25, -0.2) is 8.42 Å². The Balaban J connectivity index is 1.63. The Kier molecular flexibility index (Phi) is 7.04. The van der Waals surface area contributed by atoms with E-state index in [4.69, 9.17) is 9.47 Å². The number of hydrogen-bond donors (Lipinski definition) is 0. The Morgan fingerprint density at radius 1 is 1.03 bits per heavy atom. The molecule has 1 saturated heterocycles. The second-order valence-corrected chi connectivity index (χ2v) is 12.4. The molecule has 2 aromatic heterocycles. The van der Waals surface area contributed by atoms with E-state index in [1.54, 1.807) is 55.3 Å². The van der Waals surface area contributed by atoms with Crippen LogP contribution >= 0.6 is 11.3 Å². The van der Waals surface area contributed by atoms with Gasteiger partial charge in [-0.2, -0.15) is 4.31 Å². The van der Waals surface area contributed by atoms with Crippen molar-refractivity contribution in [2.24, 2.45) is 7.05 Å². The number of sulfonamides is 1. The molecule has 0 radical (unpaired) electrons. The number of nitrogens with zero attached hydrogens (tertiary/aromatic N) is 3. The summed E-state index contributed by atoms with van der Waals surface area (Å²) in [7, 11) is 1.74. The Morgan fingerprint density at radius 2 is 1.71 bits per heavy atom. The first-order valence-corrected chi connectivity index (χ1v) is 13.5. The molecule has 1 aliphatic heterocycles. The number of methoxy groups -OCH3 is 2. The number of aromatic nitrogens is 1. The SMILES string of the molecule is COc1ccc(-c2cn(C)c(=O)c3cc(CN4CCN(S(=O)(=O)C(C)C)CC4)sc23)cc1OC. The van der Waals surface area contributed by atoms with Gasteiger partial charge in [-0.15, -0.1) is 11.3 Å². The van der Waals surface area contributed by atoms with Crippen molar-refractivity contribution in [2.75, 3.05) is 40.4 Å². The third-order valence-electron chi connectivity index (χ3n) is 6.26. The molecule has 0 unspecified atom stereocenters. The molecule has 8 nitrogen and oxygen atoms in total. The van der Waals surface area contributed by atoms with Crippen LogP contribution in [0, 0.1) is 0 Å². The summed E-state index contributed by atoms with van der Waals surface area (Å²) in [6.45, 7) is 6.43. The van der Waals surface area contributed by atoms with Crippen LogP contribution in [0.15, 0.2) is 35.3 Å². The average molecular weight is 506 g/mol. The third kappa shape index (κ3) is 4.59. The highest BCUT2D eigenvalue weighted by molar-refractivity contribution is 7.89. The minimum Gasteiger partial charge on any atom is -0.493 e. The Hall–Kier alpha value is -2.40. The third-order valence-corrected chi connectivity index (χ3v) is 9.69. The van der Waals surface area contributed by atoms with Gasteiger partial charge in [0.1, 0.15) is 0 Å². The summed E-state index contributed by atoms with van der Waals surface area (Å²) in [5, 5.41) is 0.281. The van der Waals surface area contributed by atoms with E-state index in [0.717, 1.165) is 20.7 Å². The van der Waals surface area contributed by atoms with Crippen molar-refractivity contribution in [3.8, 4) is 22.6 Å².